The molecule has 2 aromatic heterocycles. The summed E-state index contributed by atoms with van der Waals surface area (Å²) in [6, 6.07) is 7.33. The summed E-state index contributed by atoms with van der Waals surface area (Å²) < 4.78 is 5.53. The molecule has 0 aliphatic rings. The van der Waals surface area contributed by atoms with E-state index in [1.165, 1.54) is 0 Å². The maximum absolute atomic E-state index is 11.9. The summed E-state index contributed by atoms with van der Waals surface area (Å²) in [5.41, 5.74) is 0.888. The lowest BCUT2D eigenvalue weighted by atomic mass is 10.2. The molecule has 2 amide bonds. The number of furan rings is 1. The topological polar surface area (TPSA) is 58.4 Å². The molecule has 0 aliphatic carbocycles. The minimum atomic E-state index is -0.135. The number of urea groups is 1. The average molecular weight is 273 g/mol. The first kappa shape index (κ1) is 14.1. The van der Waals surface area contributed by atoms with Crippen molar-refractivity contribution in [3.8, 4) is 11.3 Å². The highest BCUT2D eigenvalue weighted by Crippen LogP contribution is 2.21. The van der Waals surface area contributed by atoms with Crippen LogP contribution in [0.5, 0.6) is 0 Å². The molecule has 0 bridgehead atoms. The van der Waals surface area contributed by atoms with Crippen molar-refractivity contribution >= 4 is 11.8 Å². The maximum Gasteiger partial charge on any atom is 0.322 e. The fourth-order valence-corrected chi connectivity index (χ4v) is 1.90. The van der Waals surface area contributed by atoms with Crippen LogP contribution in [0.2, 0.25) is 0 Å². The van der Waals surface area contributed by atoms with E-state index in [2.05, 4.69) is 10.3 Å². The molecule has 5 heteroatoms. The third-order valence-corrected chi connectivity index (χ3v) is 3.07. The minimum Gasteiger partial charge on any atom is -0.461 e. The number of rotatable bonds is 4. The van der Waals surface area contributed by atoms with Gasteiger partial charge in [0.1, 0.15) is 17.3 Å². The number of aromatic nitrogens is 1. The largest absolute Gasteiger partial charge is 0.461 e. The van der Waals surface area contributed by atoms with Crippen molar-refractivity contribution in [2.24, 2.45) is 0 Å². The smallest absolute Gasteiger partial charge is 0.322 e. The third kappa shape index (κ3) is 3.17. The highest BCUT2D eigenvalue weighted by molar-refractivity contribution is 5.88. The van der Waals surface area contributed by atoms with Gasteiger partial charge in [0.2, 0.25) is 0 Å². The molecule has 2 rings (SSSR count). The van der Waals surface area contributed by atoms with Gasteiger partial charge in [0.05, 0.1) is 0 Å². The van der Waals surface area contributed by atoms with Gasteiger partial charge >= 0.3 is 6.03 Å². The van der Waals surface area contributed by atoms with Gasteiger partial charge in [0, 0.05) is 24.8 Å². The first-order chi connectivity index (χ1) is 9.63. The van der Waals surface area contributed by atoms with E-state index in [4.69, 9.17) is 4.42 Å². The van der Waals surface area contributed by atoms with Crippen LogP contribution in [0.4, 0.5) is 10.6 Å². The fourth-order valence-electron chi connectivity index (χ4n) is 1.90. The summed E-state index contributed by atoms with van der Waals surface area (Å²) >= 11 is 0. The lowest BCUT2D eigenvalue weighted by Gasteiger charge is -2.18. The normalized spacial score (nSPS) is 10.3. The van der Waals surface area contributed by atoms with Crippen LogP contribution in [-0.2, 0) is 0 Å². The van der Waals surface area contributed by atoms with Gasteiger partial charge in [-0.05, 0) is 45.0 Å². The Bertz CT molecular complexity index is 571. The molecule has 2 aromatic rings. The number of pyridine rings is 1. The summed E-state index contributed by atoms with van der Waals surface area (Å²) in [5.74, 6) is 2.17. The van der Waals surface area contributed by atoms with Crippen LogP contribution in [0, 0.1) is 6.92 Å². The Balaban J connectivity index is 2.07. The van der Waals surface area contributed by atoms with Gasteiger partial charge in [0.15, 0.2) is 0 Å². The van der Waals surface area contributed by atoms with Crippen LogP contribution in [-0.4, -0.2) is 29.0 Å². The van der Waals surface area contributed by atoms with Gasteiger partial charge in [-0.1, -0.05) is 0 Å². The Morgan fingerprint density at radius 3 is 2.50 bits per heavy atom. The first-order valence-electron chi connectivity index (χ1n) is 6.72. The van der Waals surface area contributed by atoms with Crippen molar-refractivity contribution in [1.82, 2.24) is 9.88 Å². The molecule has 0 fully saturated rings. The number of hydrogen-bond donors (Lipinski definition) is 1. The molecule has 106 valence electrons. The number of carbonyl (C=O) groups is 1. The van der Waals surface area contributed by atoms with Crippen molar-refractivity contribution in [2.45, 2.75) is 20.8 Å². The van der Waals surface area contributed by atoms with Crippen molar-refractivity contribution in [3.63, 3.8) is 0 Å². The van der Waals surface area contributed by atoms with Gasteiger partial charge in [-0.3, -0.25) is 5.32 Å². The maximum atomic E-state index is 11.9. The predicted octanol–water partition coefficient (Wildman–Crippen LogP) is 3.52. The van der Waals surface area contributed by atoms with Gasteiger partial charge in [0.25, 0.3) is 0 Å². The molecule has 0 atom stereocenters. The van der Waals surface area contributed by atoms with Crippen molar-refractivity contribution in [2.75, 3.05) is 18.4 Å². The molecular formula is C15H19N3O2. The molecule has 2 heterocycles. The summed E-state index contributed by atoms with van der Waals surface area (Å²) in [7, 11) is 0. The van der Waals surface area contributed by atoms with Crippen LogP contribution >= 0.6 is 0 Å². The Morgan fingerprint density at radius 1 is 1.25 bits per heavy atom. The zero-order chi connectivity index (χ0) is 14.5. The molecule has 0 aromatic carbocycles. The van der Waals surface area contributed by atoms with Crippen LogP contribution < -0.4 is 5.32 Å². The second-order valence-electron chi connectivity index (χ2n) is 4.44. The highest BCUT2D eigenvalue weighted by atomic mass is 16.3. The molecule has 1 N–H and O–H groups in total. The number of carbonyl (C=O) groups excluding carboxylic acids is 1. The number of anilines is 1. The first-order valence-corrected chi connectivity index (χ1v) is 6.72. The van der Waals surface area contributed by atoms with E-state index in [0.717, 1.165) is 17.1 Å². The number of nitrogens with zero attached hydrogens (tertiary/aromatic N) is 2. The zero-order valence-electron chi connectivity index (χ0n) is 12.0. The second kappa shape index (κ2) is 6.23. The molecule has 0 spiro atoms. The number of aryl methyl sites for hydroxylation is 1. The number of nitrogens with one attached hydrogen (secondary N) is 1. The molecule has 0 unspecified atom stereocenters. The van der Waals surface area contributed by atoms with E-state index in [-0.39, 0.29) is 6.03 Å². The van der Waals surface area contributed by atoms with E-state index in [9.17, 15) is 4.79 Å². The Labute approximate surface area is 118 Å². The Kier molecular flexibility index (Phi) is 4.40. The van der Waals surface area contributed by atoms with Crippen molar-refractivity contribution in [3.05, 3.63) is 36.2 Å². The van der Waals surface area contributed by atoms with E-state index >= 15 is 0 Å². The lowest BCUT2D eigenvalue weighted by Crippen LogP contribution is -2.34. The SMILES string of the molecule is CCN(CC)C(=O)Nc1ccc(-c2ccc(C)o2)cn1. The minimum absolute atomic E-state index is 0.135. The molecule has 0 saturated heterocycles. The monoisotopic (exact) mass is 273 g/mol. The Morgan fingerprint density at radius 2 is 2.00 bits per heavy atom. The van der Waals surface area contributed by atoms with Crippen molar-refractivity contribution in [1.29, 1.82) is 0 Å². The van der Waals surface area contributed by atoms with E-state index < -0.39 is 0 Å². The number of hydrogen-bond acceptors (Lipinski definition) is 3. The molecule has 5 nitrogen and oxygen atoms in total. The molecule has 0 saturated carbocycles. The Hall–Kier alpha value is -2.30. The van der Waals surface area contributed by atoms with Gasteiger partial charge in [-0.2, -0.15) is 0 Å². The van der Waals surface area contributed by atoms with Gasteiger partial charge in [-0.15, -0.1) is 0 Å². The lowest BCUT2D eigenvalue weighted by molar-refractivity contribution is 0.217. The quantitative estimate of drug-likeness (QED) is 0.927. The van der Waals surface area contributed by atoms with Gasteiger partial charge in [-0.25, -0.2) is 9.78 Å². The average Bonchev–Trinajstić information content (AvgIpc) is 2.87. The van der Waals surface area contributed by atoms with Crippen LogP contribution in [0.3, 0.4) is 0 Å². The molecule has 0 aliphatic heterocycles. The summed E-state index contributed by atoms with van der Waals surface area (Å²) in [5, 5.41) is 2.77. The van der Waals surface area contributed by atoms with E-state index in [1.54, 1.807) is 17.2 Å². The van der Waals surface area contributed by atoms with Crippen LogP contribution in [0.25, 0.3) is 11.3 Å². The van der Waals surface area contributed by atoms with Crippen molar-refractivity contribution < 1.29 is 9.21 Å². The zero-order valence-corrected chi connectivity index (χ0v) is 12.0. The number of amides is 2. The third-order valence-electron chi connectivity index (χ3n) is 3.07. The summed E-state index contributed by atoms with van der Waals surface area (Å²) in [6.45, 7) is 7.13. The molecule has 20 heavy (non-hydrogen) atoms. The highest BCUT2D eigenvalue weighted by Gasteiger charge is 2.10. The fraction of sp³-hybridized carbons (Fsp3) is 0.333. The van der Waals surface area contributed by atoms with Crippen LogP contribution in [0.15, 0.2) is 34.9 Å². The molecular weight excluding hydrogens is 254 g/mol. The van der Waals surface area contributed by atoms with Gasteiger partial charge < -0.3 is 9.32 Å². The molecule has 0 radical (unpaired) electrons. The summed E-state index contributed by atoms with van der Waals surface area (Å²) in [6.07, 6.45) is 1.69. The second-order valence-corrected chi connectivity index (χ2v) is 4.44. The predicted molar refractivity (Wildman–Crippen MR) is 78.6 cm³/mol. The van der Waals surface area contributed by atoms with E-state index in [1.807, 2.05) is 39.0 Å². The standard InChI is InChI=1S/C15H19N3O2/c1-4-18(5-2)15(19)17-14-9-7-12(10-16-14)13-8-6-11(3)20-13/h6-10H,4-5H2,1-3H3,(H,16,17,19). The van der Waals surface area contributed by atoms with Crippen LogP contribution in [0.1, 0.15) is 19.6 Å². The van der Waals surface area contributed by atoms with E-state index in [0.29, 0.717) is 18.9 Å². The summed E-state index contributed by atoms with van der Waals surface area (Å²) in [4.78, 5) is 17.8.